The first-order valence-corrected chi connectivity index (χ1v) is 5.86. The van der Waals surface area contributed by atoms with E-state index in [9.17, 15) is 4.79 Å². The molecule has 4 nitrogen and oxygen atoms in total. The van der Waals surface area contributed by atoms with Crippen molar-refractivity contribution in [2.45, 2.75) is 20.3 Å². The van der Waals surface area contributed by atoms with E-state index in [1.54, 1.807) is 0 Å². The number of hydrogen-bond donors (Lipinski definition) is 1. The molecule has 1 rings (SSSR count). The predicted molar refractivity (Wildman–Crippen MR) is 61.5 cm³/mol. The summed E-state index contributed by atoms with van der Waals surface area (Å²) in [6, 6.07) is 0. The van der Waals surface area contributed by atoms with Gasteiger partial charge < -0.3 is 15.5 Å². The van der Waals surface area contributed by atoms with Gasteiger partial charge in [0.25, 0.3) is 0 Å². The highest BCUT2D eigenvalue weighted by Gasteiger charge is 2.20. The normalized spacial score (nSPS) is 19.3. The molecule has 0 aromatic carbocycles. The molecule has 88 valence electrons. The molecule has 1 aliphatic rings. The van der Waals surface area contributed by atoms with Gasteiger partial charge in [0.2, 0.25) is 5.91 Å². The molecule has 0 aliphatic carbocycles. The van der Waals surface area contributed by atoms with E-state index >= 15 is 0 Å². The van der Waals surface area contributed by atoms with Gasteiger partial charge in [0, 0.05) is 38.6 Å². The Morgan fingerprint density at radius 1 is 1.27 bits per heavy atom. The van der Waals surface area contributed by atoms with Gasteiger partial charge >= 0.3 is 0 Å². The first-order valence-electron chi connectivity index (χ1n) is 5.86. The summed E-state index contributed by atoms with van der Waals surface area (Å²) < 4.78 is 0. The fourth-order valence-electron chi connectivity index (χ4n) is 1.96. The minimum atomic E-state index is 0.117. The molecule has 15 heavy (non-hydrogen) atoms. The van der Waals surface area contributed by atoms with Crippen molar-refractivity contribution in [3.63, 3.8) is 0 Å². The molecule has 2 N–H and O–H groups in total. The second-order valence-corrected chi connectivity index (χ2v) is 4.46. The molecule has 0 atom stereocenters. The van der Waals surface area contributed by atoms with Crippen molar-refractivity contribution < 1.29 is 4.79 Å². The van der Waals surface area contributed by atoms with Gasteiger partial charge in [-0.1, -0.05) is 13.8 Å². The number of rotatable bonds is 3. The second-order valence-electron chi connectivity index (χ2n) is 4.46. The zero-order valence-electron chi connectivity index (χ0n) is 9.91. The summed E-state index contributed by atoms with van der Waals surface area (Å²) in [5.74, 6) is 0.399. The molecule has 1 fully saturated rings. The van der Waals surface area contributed by atoms with E-state index in [4.69, 9.17) is 5.73 Å². The largest absolute Gasteiger partial charge is 0.341 e. The number of nitrogens with two attached hydrogens (primary N) is 1. The Morgan fingerprint density at radius 2 is 2.00 bits per heavy atom. The maximum atomic E-state index is 11.8. The summed E-state index contributed by atoms with van der Waals surface area (Å²) in [6.45, 7) is 9.38. The van der Waals surface area contributed by atoms with Crippen LogP contribution in [0.25, 0.3) is 0 Å². The summed E-state index contributed by atoms with van der Waals surface area (Å²) in [6.07, 6.45) is 1.07. The first-order chi connectivity index (χ1) is 7.15. The van der Waals surface area contributed by atoms with Crippen LogP contribution in [0.3, 0.4) is 0 Å². The van der Waals surface area contributed by atoms with Gasteiger partial charge in [-0.3, -0.25) is 4.79 Å². The average Bonchev–Trinajstić information content (AvgIpc) is 2.43. The summed E-state index contributed by atoms with van der Waals surface area (Å²) in [5.41, 5.74) is 5.53. The monoisotopic (exact) mass is 213 g/mol. The van der Waals surface area contributed by atoms with Gasteiger partial charge in [0.15, 0.2) is 0 Å². The maximum absolute atomic E-state index is 11.8. The van der Waals surface area contributed by atoms with Crippen LogP contribution in [0.4, 0.5) is 0 Å². The molecule has 0 radical (unpaired) electrons. The van der Waals surface area contributed by atoms with Crippen LogP contribution in [-0.4, -0.2) is 55.0 Å². The lowest BCUT2D eigenvalue weighted by Gasteiger charge is -2.23. The fraction of sp³-hybridized carbons (Fsp3) is 0.909. The van der Waals surface area contributed by atoms with Gasteiger partial charge in [-0.2, -0.15) is 0 Å². The second kappa shape index (κ2) is 6.08. The highest BCUT2D eigenvalue weighted by atomic mass is 16.2. The molecule has 0 aromatic rings. The van der Waals surface area contributed by atoms with Crippen LogP contribution >= 0.6 is 0 Å². The number of amides is 1. The highest BCUT2D eigenvalue weighted by Crippen LogP contribution is 2.07. The van der Waals surface area contributed by atoms with Crippen molar-refractivity contribution in [2.24, 2.45) is 11.7 Å². The number of nitrogens with zero attached hydrogens (tertiary/aromatic N) is 2. The minimum absolute atomic E-state index is 0.117. The molecular formula is C11H23N3O. The van der Waals surface area contributed by atoms with Gasteiger partial charge in [-0.05, 0) is 13.0 Å². The zero-order chi connectivity index (χ0) is 11.3. The molecule has 0 spiro atoms. The van der Waals surface area contributed by atoms with Crippen molar-refractivity contribution in [1.29, 1.82) is 0 Å². The van der Waals surface area contributed by atoms with Crippen LogP contribution in [-0.2, 0) is 4.79 Å². The van der Waals surface area contributed by atoms with E-state index in [0.29, 0.717) is 6.54 Å². The van der Waals surface area contributed by atoms with Crippen molar-refractivity contribution in [3.05, 3.63) is 0 Å². The molecule has 0 unspecified atom stereocenters. The van der Waals surface area contributed by atoms with Gasteiger partial charge in [-0.25, -0.2) is 0 Å². The Bertz CT molecular complexity index is 206. The van der Waals surface area contributed by atoms with Crippen LogP contribution in [0, 0.1) is 5.92 Å². The zero-order valence-corrected chi connectivity index (χ0v) is 9.91. The lowest BCUT2D eigenvalue weighted by atomic mass is 10.2. The van der Waals surface area contributed by atoms with Crippen LogP contribution in [0.1, 0.15) is 20.3 Å². The number of carbonyl (C=O) groups is 1. The molecule has 1 heterocycles. The van der Waals surface area contributed by atoms with Crippen molar-refractivity contribution in [1.82, 2.24) is 9.80 Å². The lowest BCUT2D eigenvalue weighted by molar-refractivity contribution is -0.134. The Hall–Kier alpha value is -0.610. The highest BCUT2D eigenvalue weighted by molar-refractivity contribution is 5.78. The van der Waals surface area contributed by atoms with E-state index < -0.39 is 0 Å². The topological polar surface area (TPSA) is 49.6 Å². The fourth-order valence-corrected chi connectivity index (χ4v) is 1.96. The summed E-state index contributed by atoms with van der Waals surface area (Å²) in [5, 5.41) is 0. The predicted octanol–water partition coefficient (Wildman–Crippen LogP) is 0.135. The Labute approximate surface area is 92.4 Å². The smallest absolute Gasteiger partial charge is 0.225 e. The Kier molecular flexibility index (Phi) is 5.05. The third-order valence-corrected chi connectivity index (χ3v) is 2.84. The molecule has 1 amide bonds. The minimum Gasteiger partial charge on any atom is -0.341 e. The first kappa shape index (κ1) is 12.5. The van der Waals surface area contributed by atoms with Crippen LogP contribution in [0.15, 0.2) is 0 Å². The number of hydrogen-bond acceptors (Lipinski definition) is 3. The third kappa shape index (κ3) is 3.80. The maximum Gasteiger partial charge on any atom is 0.225 e. The quantitative estimate of drug-likeness (QED) is 0.725. The van der Waals surface area contributed by atoms with Crippen molar-refractivity contribution >= 4 is 5.91 Å². The van der Waals surface area contributed by atoms with E-state index in [1.165, 1.54) is 0 Å². The molecular weight excluding hydrogens is 190 g/mol. The van der Waals surface area contributed by atoms with E-state index in [1.807, 2.05) is 18.7 Å². The van der Waals surface area contributed by atoms with Crippen molar-refractivity contribution in [2.75, 3.05) is 39.3 Å². The van der Waals surface area contributed by atoms with Crippen molar-refractivity contribution in [3.8, 4) is 0 Å². The molecule has 0 aromatic heterocycles. The van der Waals surface area contributed by atoms with Crippen LogP contribution < -0.4 is 5.73 Å². The van der Waals surface area contributed by atoms with E-state index in [2.05, 4.69) is 4.90 Å². The molecule has 0 bridgehead atoms. The molecule has 4 heteroatoms. The summed E-state index contributed by atoms with van der Waals surface area (Å²) >= 11 is 0. The Balaban J connectivity index is 2.42. The van der Waals surface area contributed by atoms with E-state index in [-0.39, 0.29) is 11.8 Å². The van der Waals surface area contributed by atoms with Crippen LogP contribution in [0.5, 0.6) is 0 Å². The summed E-state index contributed by atoms with van der Waals surface area (Å²) in [4.78, 5) is 16.1. The lowest BCUT2D eigenvalue weighted by Crippen LogP contribution is -2.38. The summed E-state index contributed by atoms with van der Waals surface area (Å²) in [7, 11) is 0. The SMILES string of the molecule is CC(C)C(=O)N1CCCN(CCN)CC1. The van der Waals surface area contributed by atoms with Gasteiger partial charge in [0.05, 0.1) is 0 Å². The van der Waals surface area contributed by atoms with E-state index in [0.717, 1.165) is 39.1 Å². The molecule has 0 saturated carbocycles. The van der Waals surface area contributed by atoms with Gasteiger partial charge in [0.1, 0.15) is 0 Å². The molecule has 1 saturated heterocycles. The average molecular weight is 213 g/mol. The standard InChI is InChI=1S/C11H23N3O/c1-10(2)11(15)14-6-3-5-13(7-4-12)8-9-14/h10H,3-9,12H2,1-2H3. The third-order valence-electron chi connectivity index (χ3n) is 2.84. The molecule has 1 aliphatic heterocycles. The number of carbonyl (C=O) groups excluding carboxylic acids is 1. The Morgan fingerprint density at radius 3 is 2.60 bits per heavy atom. The van der Waals surface area contributed by atoms with Crippen LogP contribution in [0.2, 0.25) is 0 Å². The van der Waals surface area contributed by atoms with Gasteiger partial charge in [-0.15, -0.1) is 0 Å².